The Morgan fingerprint density at radius 2 is 1.81 bits per heavy atom. The van der Waals surface area contributed by atoms with E-state index in [0.29, 0.717) is 18.9 Å². The summed E-state index contributed by atoms with van der Waals surface area (Å²) >= 11 is 0. The van der Waals surface area contributed by atoms with E-state index in [1.807, 2.05) is 7.05 Å². The molecule has 2 N–H and O–H groups in total. The largest absolute Gasteiger partial charge is 0.481 e. The van der Waals surface area contributed by atoms with Crippen LogP contribution in [0.1, 0.15) is 65.2 Å². The Balaban J connectivity index is 3.89. The third-order valence-electron chi connectivity index (χ3n) is 3.74. The molecule has 2 amide bonds. The van der Waals surface area contributed by atoms with Crippen LogP contribution in [0.15, 0.2) is 0 Å². The van der Waals surface area contributed by atoms with Crippen molar-refractivity contribution in [1.82, 2.24) is 10.2 Å². The first kappa shape index (κ1) is 19.7. The number of carboxylic acid groups (broad SMARTS) is 1. The van der Waals surface area contributed by atoms with Crippen LogP contribution in [0, 0.1) is 5.92 Å². The lowest BCUT2D eigenvalue weighted by Gasteiger charge is -2.19. The molecule has 0 spiro atoms. The van der Waals surface area contributed by atoms with Crippen LogP contribution in [-0.2, 0) is 4.79 Å². The normalized spacial score (nSPS) is 12.0. The molecule has 124 valence electrons. The van der Waals surface area contributed by atoms with E-state index in [2.05, 4.69) is 19.2 Å². The van der Waals surface area contributed by atoms with Gasteiger partial charge in [-0.2, -0.15) is 0 Å². The maximum atomic E-state index is 11.9. The Hall–Kier alpha value is -1.26. The van der Waals surface area contributed by atoms with Crippen molar-refractivity contribution in [2.24, 2.45) is 5.92 Å². The van der Waals surface area contributed by atoms with Gasteiger partial charge < -0.3 is 15.3 Å². The van der Waals surface area contributed by atoms with Crippen LogP contribution in [0.5, 0.6) is 0 Å². The second-order valence-corrected chi connectivity index (χ2v) is 5.74. The van der Waals surface area contributed by atoms with Gasteiger partial charge in [-0.3, -0.25) is 4.79 Å². The fourth-order valence-corrected chi connectivity index (χ4v) is 2.39. The molecule has 0 fully saturated rings. The number of hydrogen-bond acceptors (Lipinski definition) is 2. The van der Waals surface area contributed by atoms with E-state index >= 15 is 0 Å². The highest BCUT2D eigenvalue weighted by Gasteiger charge is 2.12. The smallest absolute Gasteiger partial charge is 0.317 e. The van der Waals surface area contributed by atoms with Crippen molar-refractivity contribution in [3.05, 3.63) is 0 Å². The summed E-state index contributed by atoms with van der Waals surface area (Å²) in [5.74, 6) is -0.354. The molecular weight excluding hydrogens is 268 g/mol. The minimum Gasteiger partial charge on any atom is -0.481 e. The highest BCUT2D eigenvalue weighted by molar-refractivity contribution is 5.73. The molecule has 0 aliphatic carbocycles. The molecule has 0 heterocycles. The molecule has 0 bridgehead atoms. The average Bonchev–Trinajstić information content (AvgIpc) is 2.44. The van der Waals surface area contributed by atoms with E-state index in [1.165, 1.54) is 0 Å². The molecule has 1 atom stereocenters. The molecule has 21 heavy (non-hydrogen) atoms. The molecule has 0 aliphatic rings. The van der Waals surface area contributed by atoms with E-state index < -0.39 is 5.97 Å². The fourth-order valence-electron chi connectivity index (χ4n) is 2.39. The molecule has 0 aromatic rings. The molecular formula is C16H32N2O3. The molecule has 5 nitrogen and oxygen atoms in total. The van der Waals surface area contributed by atoms with Gasteiger partial charge in [-0.05, 0) is 25.2 Å². The Kier molecular flexibility index (Phi) is 11.7. The summed E-state index contributed by atoms with van der Waals surface area (Å²) < 4.78 is 0. The van der Waals surface area contributed by atoms with E-state index in [-0.39, 0.29) is 12.5 Å². The van der Waals surface area contributed by atoms with Crippen molar-refractivity contribution in [2.45, 2.75) is 65.2 Å². The lowest BCUT2D eigenvalue weighted by Crippen LogP contribution is -2.38. The molecule has 0 rings (SSSR count). The van der Waals surface area contributed by atoms with Gasteiger partial charge in [0.1, 0.15) is 0 Å². The molecule has 0 aromatic carbocycles. The summed E-state index contributed by atoms with van der Waals surface area (Å²) in [5.41, 5.74) is 0. The van der Waals surface area contributed by atoms with Crippen LogP contribution in [0.4, 0.5) is 4.79 Å². The van der Waals surface area contributed by atoms with Gasteiger partial charge in [-0.1, -0.05) is 39.5 Å². The second kappa shape index (κ2) is 12.5. The van der Waals surface area contributed by atoms with Crippen LogP contribution >= 0.6 is 0 Å². The van der Waals surface area contributed by atoms with Crippen molar-refractivity contribution in [3.63, 3.8) is 0 Å². The Bertz CT molecular complexity index is 295. The van der Waals surface area contributed by atoms with Crippen molar-refractivity contribution < 1.29 is 14.7 Å². The topological polar surface area (TPSA) is 69.6 Å². The lowest BCUT2D eigenvalue weighted by atomic mass is 9.94. The third-order valence-corrected chi connectivity index (χ3v) is 3.74. The van der Waals surface area contributed by atoms with Crippen LogP contribution in [0.25, 0.3) is 0 Å². The zero-order valence-corrected chi connectivity index (χ0v) is 13.9. The summed E-state index contributed by atoms with van der Waals surface area (Å²) in [6, 6.07) is -0.0282. The molecule has 0 saturated carbocycles. The summed E-state index contributed by atoms with van der Waals surface area (Å²) in [7, 11) is 1.82. The Labute approximate surface area is 129 Å². The van der Waals surface area contributed by atoms with E-state index in [9.17, 15) is 9.59 Å². The van der Waals surface area contributed by atoms with Crippen LogP contribution in [0.2, 0.25) is 0 Å². The predicted octanol–water partition coefficient (Wildman–Crippen LogP) is 3.49. The highest BCUT2D eigenvalue weighted by atomic mass is 16.4. The zero-order valence-electron chi connectivity index (χ0n) is 13.9. The Morgan fingerprint density at radius 3 is 2.38 bits per heavy atom. The molecule has 0 aromatic heterocycles. The van der Waals surface area contributed by atoms with Gasteiger partial charge in [0.15, 0.2) is 0 Å². The van der Waals surface area contributed by atoms with E-state index in [0.717, 1.165) is 45.1 Å². The number of amides is 2. The standard InChI is InChI=1S/C16H32N2O3/c1-4-6-7-13-18(3)16(21)17-12-11-14(8-5-2)9-10-15(19)20/h14H,4-13H2,1-3H3,(H,17,21)(H,19,20). The van der Waals surface area contributed by atoms with E-state index in [4.69, 9.17) is 5.11 Å². The fraction of sp³-hybridized carbons (Fsp3) is 0.875. The number of carbonyl (C=O) groups excluding carboxylic acids is 1. The average molecular weight is 300 g/mol. The molecule has 5 heteroatoms. The first-order valence-electron chi connectivity index (χ1n) is 8.21. The summed E-state index contributed by atoms with van der Waals surface area (Å²) in [6.07, 6.45) is 7.18. The molecule has 1 unspecified atom stereocenters. The number of carboxylic acids is 1. The SMILES string of the molecule is CCCCCN(C)C(=O)NCCC(CCC)CCC(=O)O. The number of nitrogens with zero attached hydrogens (tertiary/aromatic N) is 1. The van der Waals surface area contributed by atoms with Crippen molar-refractivity contribution in [2.75, 3.05) is 20.1 Å². The maximum absolute atomic E-state index is 11.9. The van der Waals surface area contributed by atoms with Crippen molar-refractivity contribution in [3.8, 4) is 0 Å². The number of rotatable bonds is 12. The number of nitrogens with one attached hydrogen (secondary N) is 1. The monoisotopic (exact) mass is 300 g/mol. The highest BCUT2D eigenvalue weighted by Crippen LogP contribution is 2.17. The molecule has 0 radical (unpaired) electrons. The zero-order chi connectivity index (χ0) is 16.1. The van der Waals surface area contributed by atoms with Crippen molar-refractivity contribution in [1.29, 1.82) is 0 Å². The van der Waals surface area contributed by atoms with Crippen molar-refractivity contribution >= 4 is 12.0 Å². The summed E-state index contributed by atoms with van der Waals surface area (Å²) in [6.45, 7) is 5.66. The van der Waals surface area contributed by atoms with Crippen LogP contribution in [0.3, 0.4) is 0 Å². The van der Waals surface area contributed by atoms with Gasteiger partial charge in [-0.15, -0.1) is 0 Å². The van der Waals surface area contributed by atoms with Crippen LogP contribution < -0.4 is 5.32 Å². The van der Waals surface area contributed by atoms with Crippen LogP contribution in [-0.4, -0.2) is 42.1 Å². The summed E-state index contributed by atoms with van der Waals surface area (Å²) in [4.78, 5) is 24.2. The van der Waals surface area contributed by atoms with Gasteiger partial charge >= 0.3 is 12.0 Å². The number of urea groups is 1. The van der Waals surface area contributed by atoms with Gasteiger partial charge in [0.25, 0.3) is 0 Å². The first-order valence-corrected chi connectivity index (χ1v) is 8.21. The predicted molar refractivity (Wildman–Crippen MR) is 85.4 cm³/mol. The minimum absolute atomic E-state index is 0.0282. The third kappa shape index (κ3) is 11.1. The number of aliphatic carboxylic acids is 1. The minimum atomic E-state index is -0.740. The molecule has 0 aliphatic heterocycles. The van der Waals surface area contributed by atoms with E-state index in [1.54, 1.807) is 4.90 Å². The number of carbonyl (C=O) groups is 2. The number of unbranched alkanes of at least 4 members (excludes halogenated alkanes) is 2. The van der Waals surface area contributed by atoms with Gasteiger partial charge in [0.2, 0.25) is 0 Å². The Morgan fingerprint density at radius 1 is 1.10 bits per heavy atom. The number of hydrogen-bond donors (Lipinski definition) is 2. The second-order valence-electron chi connectivity index (χ2n) is 5.74. The maximum Gasteiger partial charge on any atom is 0.317 e. The summed E-state index contributed by atoms with van der Waals surface area (Å²) in [5, 5.41) is 11.7. The first-order chi connectivity index (χ1) is 10.0. The lowest BCUT2D eigenvalue weighted by molar-refractivity contribution is -0.137. The quantitative estimate of drug-likeness (QED) is 0.542. The van der Waals surface area contributed by atoms with Gasteiger partial charge in [-0.25, -0.2) is 4.79 Å². The molecule has 0 saturated heterocycles. The van der Waals surface area contributed by atoms with Gasteiger partial charge in [0.05, 0.1) is 0 Å². The van der Waals surface area contributed by atoms with Gasteiger partial charge in [0, 0.05) is 26.6 Å².